The molecular weight excluding hydrogens is 204 g/mol. The van der Waals surface area contributed by atoms with Gasteiger partial charge in [-0.2, -0.15) is 0 Å². The van der Waals surface area contributed by atoms with Gasteiger partial charge >= 0.3 is 0 Å². The van der Waals surface area contributed by atoms with Crippen molar-refractivity contribution >= 4 is 0 Å². The zero-order chi connectivity index (χ0) is 12.0. The van der Waals surface area contributed by atoms with Crippen LogP contribution in [0.5, 0.6) is 0 Å². The molecule has 1 heterocycles. The average molecular weight is 230 g/mol. The van der Waals surface area contributed by atoms with Gasteiger partial charge in [-0.3, -0.25) is 4.90 Å². The third-order valence-corrected chi connectivity index (χ3v) is 3.28. The van der Waals surface area contributed by atoms with E-state index in [0.717, 1.165) is 32.8 Å². The first-order valence-electron chi connectivity index (χ1n) is 6.35. The maximum Gasteiger partial charge on any atom is 0.0826 e. The lowest BCUT2D eigenvalue weighted by atomic mass is 10.1. The lowest BCUT2D eigenvalue weighted by Gasteiger charge is -2.33. The highest BCUT2D eigenvalue weighted by Gasteiger charge is 2.20. The molecule has 96 valence electrons. The Labute approximate surface area is 99.0 Å². The second kappa shape index (κ2) is 7.22. The van der Waals surface area contributed by atoms with E-state index in [1.54, 1.807) is 0 Å². The number of hydrogen-bond acceptors (Lipinski definition) is 4. The predicted molar refractivity (Wildman–Crippen MR) is 65.6 cm³/mol. The summed E-state index contributed by atoms with van der Waals surface area (Å²) in [5.41, 5.74) is 0. The number of likely N-dealkylation sites (N-methyl/N-ethyl adjacent to an activating group) is 1. The van der Waals surface area contributed by atoms with Crippen molar-refractivity contribution in [3.8, 4) is 0 Å². The number of aliphatic hydroxyl groups excluding tert-OH is 1. The summed E-state index contributed by atoms with van der Waals surface area (Å²) in [7, 11) is 0. The van der Waals surface area contributed by atoms with Crippen molar-refractivity contribution in [2.45, 2.75) is 32.9 Å². The Balaban J connectivity index is 2.25. The smallest absolute Gasteiger partial charge is 0.0826 e. The molecule has 0 saturated carbocycles. The molecule has 0 aromatic heterocycles. The van der Waals surface area contributed by atoms with E-state index in [-0.39, 0.29) is 18.8 Å². The second-order valence-corrected chi connectivity index (χ2v) is 4.83. The van der Waals surface area contributed by atoms with Gasteiger partial charge in [-0.05, 0) is 12.5 Å². The number of aliphatic hydroxyl groups is 1. The molecule has 2 unspecified atom stereocenters. The van der Waals surface area contributed by atoms with Crippen LogP contribution in [0.25, 0.3) is 0 Å². The Morgan fingerprint density at radius 2 is 2.25 bits per heavy atom. The van der Waals surface area contributed by atoms with E-state index in [1.807, 2.05) is 0 Å². The summed E-state index contributed by atoms with van der Waals surface area (Å²) < 4.78 is 5.70. The molecule has 0 aliphatic carbocycles. The molecular formula is C12H26N2O2. The molecule has 1 fully saturated rings. The van der Waals surface area contributed by atoms with Gasteiger partial charge in [-0.1, -0.05) is 20.8 Å². The standard InChI is InChI=1S/C12H26N2O2/c1-4-14-5-6-16-11(8-14)7-13-12(9-15)10(2)3/h10-13,15H,4-9H2,1-3H3. The minimum Gasteiger partial charge on any atom is -0.395 e. The normalized spacial score (nSPS) is 24.9. The number of morpholine rings is 1. The highest BCUT2D eigenvalue weighted by molar-refractivity contribution is 4.76. The number of rotatable bonds is 6. The molecule has 0 aromatic rings. The average Bonchev–Trinajstić information content (AvgIpc) is 2.29. The Morgan fingerprint density at radius 3 is 2.81 bits per heavy atom. The molecule has 16 heavy (non-hydrogen) atoms. The van der Waals surface area contributed by atoms with Gasteiger partial charge in [-0.25, -0.2) is 0 Å². The van der Waals surface area contributed by atoms with Crippen molar-refractivity contribution in [1.29, 1.82) is 0 Å². The summed E-state index contributed by atoms with van der Waals surface area (Å²) in [6, 6.07) is 0.181. The number of nitrogens with zero attached hydrogens (tertiary/aromatic N) is 1. The maximum atomic E-state index is 9.21. The van der Waals surface area contributed by atoms with Gasteiger partial charge in [0.1, 0.15) is 0 Å². The fraction of sp³-hybridized carbons (Fsp3) is 1.00. The van der Waals surface area contributed by atoms with Crippen molar-refractivity contribution in [2.75, 3.05) is 39.4 Å². The van der Waals surface area contributed by atoms with Gasteiger partial charge in [-0.15, -0.1) is 0 Å². The molecule has 0 amide bonds. The fourth-order valence-electron chi connectivity index (χ4n) is 1.99. The molecule has 4 heteroatoms. The topological polar surface area (TPSA) is 44.7 Å². The zero-order valence-electron chi connectivity index (χ0n) is 10.8. The molecule has 1 saturated heterocycles. The summed E-state index contributed by atoms with van der Waals surface area (Å²) in [5, 5.41) is 12.6. The van der Waals surface area contributed by atoms with E-state index in [9.17, 15) is 5.11 Å². The number of hydrogen-bond donors (Lipinski definition) is 2. The summed E-state index contributed by atoms with van der Waals surface area (Å²) >= 11 is 0. The van der Waals surface area contributed by atoms with Crippen LogP contribution < -0.4 is 5.32 Å². The molecule has 1 rings (SSSR count). The summed E-state index contributed by atoms with van der Waals surface area (Å²) in [4.78, 5) is 2.40. The summed E-state index contributed by atoms with van der Waals surface area (Å²) in [5.74, 6) is 0.455. The van der Waals surface area contributed by atoms with E-state index in [4.69, 9.17) is 4.74 Å². The van der Waals surface area contributed by atoms with Crippen LogP contribution in [0, 0.1) is 5.92 Å². The molecule has 2 N–H and O–H groups in total. The van der Waals surface area contributed by atoms with E-state index in [2.05, 4.69) is 31.0 Å². The Morgan fingerprint density at radius 1 is 1.50 bits per heavy atom. The van der Waals surface area contributed by atoms with Crippen LogP contribution in [0.2, 0.25) is 0 Å². The van der Waals surface area contributed by atoms with E-state index in [1.165, 1.54) is 0 Å². The third-order valence-electron chi connectivity index (χ3n) is 3.28. The Kier molecular flexibility index (Phi) is 6.28. The zero-order valence-corrected chi connectivity index (χ0v) is 10.8. The summed E-state index contributed by atoms with van der Waals surface area (Å²) in [6.07, 6.45) is 0.265. The Hall–Kier alpha value is -0.160. The SMILES string of the molecule is CCN1CCOC(CNC(CO)C(C)C)C1. The third kappa shape index (κ3) is 4.37. The maximum absolute atomic E-state index is 9.21. The second-order valence-electron chi connectivity index (χ2n) is 4.83. The molecule has 0 radical (unpaired) electrons. The monoisotopic (exact) mass is 230 g/mol. The van der Waals surface area contributed by atoms with Crippen LogP contribution >= 0.6 is 0 Å². The molecule has 4 nitrogen and oxygen atoms in total. The minimum atomic E-state index is 0.181. The lowest BCUT2D eigenvalue weighted by Crippen LogP contribution is -2.49. The largest absolute Gasteiger partial charge is 0.395 e. The first-order chi connectivity index (χ1) is 7.67. The van der Waals surface area contributed by atoms with Crippen molar-refractivity contribution in [2.24, 2.45) is 5.92 Å². The number of ether oxygens (including phenoxy) is 1. The van der Waals surface area contributed by atoms with Gasteiger partial charge in [0.25, 0.3) is 0 Å². The van der Waals surface area contributed by atoms with Gasteiger partial charge in [0.15, 0.2) is 0 Å². The molecule has 0 spiro atoms. The van der Waals surface area contributed by atoms with Gasteiger partial charge in [0, 0.05) is 25.7 Å². The van der Waals surface area contributed by atoms with Crippen LogP contribution in [0.1, 0.15) is 20.8 Å². The quantitative estimate of drug-likeness (QED) is 0.689. The summed E-state index contributed by atoms with van der Waals surface area (Å²) in [6.45, 7) is 11.4. The minimum absolute atomic E-state index is 0.181. The van der Waals surface area contributed by atoms with Gasteiger partial charge in [0.05, 0.1) is 19.3 Å². The van der Waals surface area contributed by atoms with Gasteiger partial charge in [0.2, 0.25) is 0 Å². The van der Waals surface area contributed by atoms with Crippen LogP contribution in [-0.4, -0.2) is 61.5 Å². The fourth-order valence-corrected chi connectivity index (χ4v) is 1.99. The lowest BCUT2D eigenvalue weighted by molar-refractivity contribution is -0.0277. The van der Waals surface area contributed by atoms with Crippen molar-refractivity contribution in [1.82, 2.24) is 10.2 Å². The first kappa shape index (κ1) is 13.9. The van der Waals surface area contributed by atoms with E-state index in [0.29, 0.717) is 5.92 Å². The molecule has 2 atom stereocenters. The highest BCUT2D eigenvalue weighted by Crippen LogP contribution is 2.06. The highest BCUT2D eigenvalue weighted by atomic mass is 16.5. The van der Waals surface area contributed by atoms with Crippen LogP contribution in [0.4, 0.5) is 0 Å². The molecule has 0 aromatic carbocycles. The van der Waals surface area contributed by atoms with Crippen LogP contribution in [-0.2, 0) is 4.74 Å². The van der Waals surface area contributed by atoms with Crippen molar-refractivity contribution < 1.29 is 9.84 Å². The Bertz CT molecular complexity index is 188. The molecule has 0 bridgehead atoms. The molecule has 1 aliphatic heterocycles. The van der Waals surface area contributed by atoms with Crippen LogP contribution in [0.3, 0.4) is 0 Å². The van der Waals surface area contributed by atoms with Crippen molar-refractivity contribution in [3.63, 3.8) is 0 Å². The molecule has 1 aliphatic rings. The van der Waals surface area contributed by atoms with E-state index >= 15 is 0 Å². The van der Waals surface area contributed by atoms with Gasteiger partial charge < -0.3 is 15.2 Å². The first-order valence-corrected chi connectivity index (χ1v) is 6.35. The number of nitrogens with one attached hydrogen (secondary N) is 1. The van der Waals surface area contributed by atoms with Crippen LogP contribution in [0.15, 0.2) is 0 Å². The van der Waals surface area contributed by atoms with Crippen molar-refractivity contribution in [3.05, 3.63) is 0 Å². The predicted octanol–water partition coefficient (Wildman–Crippen LogP) is 0.314. The van der Waals surface area contributed by atoms with E-state index < -0.39 is 0 Å².